The summed E-state index contributed by atoms with van der Waals surface area (Å²) < 4.78 is 21.9. The minimum atomic E-state index is -2.11. The first-order valence-electron chi connectivity index (χ1n) is 8.60. The summed E-state index contributed by atoms with van der Waals surface area (Å²) in [4.78, 5) is 16.9. The predicted octanol–water partition coefficient (Wildman–Crippen LogP) is 2.75. The molecule has 1 aliphatic rings. The van der Waals surface area contributed by atoms with Crippen LogP contribution in [0.2, 0.25) is 0 Å². The van der Waals surface area contributed by atoms with Gasteiger partial charge >= 0.3 is 0 Å². The van der Waals surface area contributed by atoms with Gasteiger partial charge in [0, 0.05) is 43.5 Å². The first kappa shape index (κ1) is 18.6. The molecule has 7 heteroatoms. The second kappa shape index (κ2) is 8.44. The second-order valence-corrected chi connectivity index (χ2v) is 7.05. The molecule has 1 fully saturated rings. The van der Waals surface area contributed by atoms with Gasteiger partial charge in [0.2, 0.25) is 0 Å². The van der Waals surface area contributed by atoms with Crippen LogP contribution in [-0.4, -0.2) is 50.6 Å². The Hall–Kier alpha value is -2.22. The number of nitrogens with one attached hydrogen (secondary N) is 1. The van der Waals surface area contributed by atoms with Crippen LogP contribution < -0.4 is 4.72 Å². The Labute approximate surface area is 156 Å². The molecule has 2 atom stereocenters. The van der Waals surface area contributed by atoms with Crippen molar-refractivity contribution in [1.29, 1.82) is 0 Å². The SMILES string of the molecule is C[C@H](c1ccccc1)N1CCN(C(=O)c2ccc(NS(=O)O)cc2)CC1. The van der Waals surface area contributed by atoms with Crippen molar-refractivity contribution in [3.8, 4) is 0 Å². The van der Waals surface area contributed by atoms with Gasteiger partial charge in [0.1, 0.15) is 0 Å². The summed E-state index contributed by atoms with van der Waals surface area (Å²) in [5.74, 6) is -0.00585. The summed E-state index contributed by atoms with van der Waals surface area (Å²) in [6.07, 6.45) is 0. The van der Waals surface area contributed by atoms with E-state index in [0.717, 1.165) is 13.1 Å². The van der Waals surface area contributed by atoms with E-state index in [9.17, 15) is 9.00 Å². The van der Waals surface area contributed by atoms with E-state index >= 15 is 0 Å². The van der Waals surface area contributed by atoms with Crippen LogP contribution in [0.5, 0.6) is 0 Å². The Morgan fingerprint density at radius 1 is 1.04 bits per heavy atom. The van der Waals surface area contributed by atoms with Crippen molar-refractivity contribution in [3.05, 3.63) is 65.7 Å². The van der Waals surface area contributed by atoms with Crippen LogP contribution in [0.1, 0.15) is 28.9 Å². The van der Waals surface area contributed by atoms with E-state index in [-0.39, 0.29) is 5.91 Å². The maximum atomic E-state index is 12.7. The van der Waals surface area contributed by atoms with Gasteiger partial charge in [0.25, 0.3) is 17.2 Å². The van der Waals surface area contributed by atoms with Crippen LogP contribution in [0.25, 0.3) is 0 Å². The average Bonchev–Trinajstić information content (AvgIpc) is 2.68. The van der Waals surface area contributed by atoms with E-state index < -0.39 is 11.3 Å². The zero-order valence-electron chi connectivity index (χ0n) is 14.7. The number of amides is 1. The highest BCUT2D eigenvalue weighted by atomic mass is 32.2. The largest absolute Gasteiger partial charge is 0.336 e. The molecule has 1 amide bonds. The van der Waals surface area contributed by atoms with Crippen LogP contribution >= 0.6 is 0 Å². The molecule has 0 aliphatic carbocycles. The third kappa shape index (κ3) is 4.49. The van der Waals surface area contributed by atoms with Gasteiger partial charge in [0.15, 0.2) is 0 Å². The predicted molar refractivity (Wildman–Crippen MR) is 103 cm³/mol. The number of hydrogen-bond donors (Lipinski definition) is 2. The van der Waals surface area contributed by atoms with Crippen LogP contribution in [0.15, 0.2) is 54.6 Å². The molecule has 0 spiro atoms. The fourth-order valence-electron chi connectivity index (χ4n) is 3.22. The van der Waals surface area contributed by atoms with Crippen LogP contribution in [0.3, 0.4) is 0 Å². The molecule has 0 saturated carbocycles. The molecule has 1 heterocycles. The summed E-state index contributed by atoms with van der Waals surface area (Å²) in [5.41, 5.74) is 2.38. The molecule has 26 heavy (non-hydrogen) atoms. The Balaban J connectivity index is 1.57. The molecule has 2 aromatic rings. The molecule has 2 N–H and O–H groups in total. The molecule has 2 aromatic carbocycles. The van der Waals surface area contributed by atoms with Crippen LogP contribution in [0, 0.1) is 0 Å². The third-order valence-electron chi connectivity index (χ3n) is 4.77. The summed E-state index contributed by atoms with van der Waals surface area (Å²) in [5, 5.41) is 0. The number of benzene rings is 2. The van der Waals surface area contributed by atoms with E-state index in [1.54, 1.807) is 24.3 Å². The molecule has 1 saturated heterocycles. The highest BCUT2D eigenvalue weighted by molar-refractivity contribution is 7.80. The van der Waals surface area contributed by atoms with Gasteiger partial charge in [-0.15, -0.1) is 0 Å². The van der Waals surface area contributed by atoms with Gasteiger partial charge < -0.3 is 4.90 Å². The van der Waals surface area contributed by atoms with E-state index in [1.807, 2.05) is 11.0 Å². The zero-order chi connectivity index (χ0) is 18.5. The molecule has 0 aromatic heterocycles. The zero-order valence-corrected chi connectivity index (χ0v) is 15.5. The first-order valence-corrected chi connectivity index (χ1v) is 9.71. The van der Waals surface area contributed by atoms with Gasteiger partial charge in [-0.3, -0.25) is 19.0 Å². The number of piperazine rings is 1. The second-order valence-electron chi connectivity index (χ2n) is 6.34. The molecule has 3 rings (SSSR count). The third-order valence-corrected chi connectivity index (χ3v) is 5.18. The van der Waals surface area contributed by atoms with Crippen LogP contribution in [-0.2, 0) is 11.3 Å². The quantitative estimate of drug-likeness (QED) is 0.791. The molecule has 0 radical (unpaired) electrons. The molecule has 0 bridgehead atoms. The number of nitrogens with zero attached hydrogens (tertiary/aromatic N) is 2. The fraction of sp³-hybridized carbons (Fsp3) is 0.316. The molecule has 1 unspecified atom stereocenters. The van der Waals surface area contributed by atoms with Crippen molar-refractivity contribution in [2.45, 2.75) is 13.0 Å². The van der Waals surface area contributed by atoms with E-state index in [1.165, 1.54) is 5.56 Å². The highest BCUT2D eigenvalue weighted by Crippen LogP contribution is 2.22. The minimum Gasteiger partial charge on any atom is -0.336 e. The normalized spacial score (nSPS) is 17.5. The maximum Gasteiger partial charge on any atom is 0.259 e. The average molecular weight is 373 g/mol. The maximum absolute atomic E-state index is 12.7. The van der Waals surface area contributed by atoms with Gasteiger partial charge in [-0.1, -0.05) is 30.3 Å². The first-order chi connectivity index (χ1) is 12.5. The van der Waals surface area contributed by atoms with E-state index in [4.69, 9.17) is 4.55 Å². The fourth-order valence-corrected chi connectivity index (χ4v) is 3.56. The Bertz CT molecular complexity index is 759. The standard InChI is InChI=1S/C19H23N3O3S/c1-15(16-5-3-2-4-6-16)21-11-13-22(14-12-21)19(23)17-7-9-18(10-8-17)20-26(24)25/h2-10,15,20H,11-14H2,1H3,(H,24,25)/t15-/m1/s1. The van der Waals surface area contributed by atoms with Gasteiger partial charge in [-0.25, -0.2) is 4.21 Å². The summed E-state index contributed by atoms with van der Waals surface area (Å²) >= 11 is -2.11. The van der Waals surface area contributed by atoms with Gasteiger partial charge in [0.05, 0.1) is 0 Å². The minimum absolute atomic E-state index is 0.00585. The number of rotatable bonds is 5. The van der Waals surface area contributed by atoms with Crippen LogP contribution in [0.4, 0.5) is 5.69 Å². The lowest BCUT2D eigenvalue weighted by Crippen LogP contribution is -2.49. The van der Waals surface area contributed by atoms with E-state index in [0.29, 0.717) is 30.4 Å². The lowest BCUT2D eigenvalue weighted by atomic mass is 10.1. The highest BCUT2D eigenvalue weighted by Gasteiger charge is 2.25. The molecular formula is C19H23N3O3S. The molecule has 6 nitrogen and oxygen atoms in total. The number of hydrogen-bond acceptors (Lipinski definition) is 3. The van der Waals surface area contributed by atoms with Gasteiger partial charge in [-0.2, -0.15) is 0 Å². The molecular weight excluding hydrogens is 350 g/mol. The molecule has 138 valence electrons. The van der Waals surface area contributed by atoms with Crippen molar-refractivity contribution in [2.24, 2.45) is 0 Å². The van der Waals surface area contributed by atoms with Crippen molar-refractivity contribution >= 4 is 22.9 Å². The van der Waals surface area contributed by atoms with Crippen molar-refractivity contribution in [2.75, 3.05) is 30.9 Å². The molecule has 1 aliphatic heterocycles. The Kier molecular flexibility index (Phi) is 6.03. The topological polar surface area (TPSA) is 72.9 Å². The van der Waals surface area contributed by atoms with Crippen molar-refractivity contribution < 1.29 is 13.6 Å². The lowest BCUT2D eigenvalue weighted by Gasteiger charge is -2.38. The number of carbonyl (C=O) groups is 1. The monoisotopic (exact) mass is 373 g/mol. The summed E-state index contributed by atoms with van der Waals surface area (Å²) in [6, 6.07) is 17.3. The van der Waals surface area contributed by atoms with Gasteiger partial charge in [-0.05, 0) is 36.8 Å². The summed E-state index contributed by atoms with van der Waals surface area (Å²) in [7, 11) is 0. The Morgan fingerprint density at radius 3 is 2.23 bits per heavy atom. The van der Waals surface area contributed by atoms with Crippen molar-refractivity contribution in [1.82, 2.24) is 9.80 Å². The van der Waals surface area contributed by atoms with E-state index in [2.05, 4.69) is 40.8 Å². The smallest absolute Gasteiger partial charge is 0.259 e. The number of carbonyl (C=O) groups excluding carboxylic acids is 1. The lowest BCUT2D eigenvalue weighted by molar-refractivity contribution is 0.0582. The van der Waals surface area contributed by atoms with Crippen molar-refractivity contribution in [3.63, 3.8) is 0 Å². The number of anilines is 1. The summed E-state index contributed by atoms with van der Waals surface area (Å²) in [6.45, 7) is 5.26. The Morgan fingerprint density at radius 2 is 1.65 bits per heavy atom.